The second-order valence-electron chi connectivity index (χ2n) is 14.5. The number of imidazole rings is 1. The van der Waals surface area contributed by atoms with Gasteiger partial charge in [-0.25, -0.2) is 4.98 Å². The van der Waals surface area contributed by atoms with Crippen LogP contribution in [0, 0.1) is 0 Å². The molecule has 0 aliphatic carbocycles. The van der Waals surface area contributed by atoms with Crippen LogP contribution in [0.1, 0.15) is 0 Å². The molecule has 12 rings (SSSR count). The summed E-state index contributed by atoms with van der Waals surface area (Å²) < 4.78 is 9.43. The molecule has 0 saturated heterocycles. The van der Waals surface area contributed by atoms with Gasteiger partial charge >= 0.3 is 0 Å². The molecule has 4 heterocycles. The monoisotopic (exact) mass is 715 g/mol. The Balaban J connectivity index is 1.10. The van der Waals surface area contributed by atoms with Crippen molar-refractivity contribution in [2.24, 2.45) is 0 Å². The standard InChI is InChI=1S/C51H33N5/c1-4-14-35(15-5-1)53-31-30-41-45(53)29-28-40-43-32-42-39-20-10-12-22-46(39)54(48(42)33-49(43)55(50(40)41)36-16-6-2-7-17-36)38-26-24-34(25-27-38)51-52-44-21-11-13-23-47(44)56(51)37-18-8-3-9-19-37/h1-33H. The van der Waals surface area contributed by atoms with E-state index in [1.165, 1.54) is 54.5 Å². The Labute approximate surface area is 322 Å². The zero-order valence-corrected chi connectivity index (χ0v) is 30.3. The lowest BCUT2D eigenvalue weighted by molar-refractivity contribution is 1.10. The first-order chi connectivity index (χ1) is 27.8. The summed E-state index contributed by atoms with van der Waals surface area (Å²) in [6, 6.07) is 69.6. The van der Waals surface area contributed by atoms with Gasteiger partial charge in [-0.3, -0.25) is 4.57 Å². The lowest BCUT2D eigenvalue weighted by Crippen LogP contribution is -1.98. The molecule has 0 radical (unpaired) electrons. The van der Waals surface area contributed by atoms with Crippen molar-refractivity contribution in [2.45, 2.75) is 0 Å². The van der Waals surface area contributed by atoms with Crippen molar-refractivity contribution in [1.82, 2.24) is 23.3 Å². The lowest BCUT2D eigenvalue weighted by Gasteiger charge is -2.12. The summed E-state index contributed by atoms with van der Waals surface area (Å²) in [7, 11) is 0. The summed E-state index contributed by atoms with van der Waals surface area (Å²) >= 11 is 0. The van der Waals surface area contributed by atoms with E-state index in [-0.39, 0.29) is 0 Å². The molecule has 0 N–H and O–H groups in total. The normalized spacial score (nSPS) is 11.9. The van der Waals surface area contributed by atoms with Gasteiger partial charge in [-0.05, 0) is 103 Å². The Hall–Kier alpha value is -7.63. The summed E-state index contributed by atoms with van der Waals surface area (Å²) in [6.07, 6.45) is 2.20. The number of para-hydroxylation sites is 6. The lowest BCUT2D eigenvalue weighted by atomic mass is 10.1. The van der Waals surface area contributed by atoms with E-state index in [1.807, 2.05) is 0 Å². The number of aromatic nitrogens is 5. The van der Waals surface area contributed by atoms with E-state index in [4.69, 9.17) is 4.98 Å². The molecule has 0 amide bonds. The summed E-state index contributed by atoms with van der Waals surface area (Å²) in [4.78, 5) is 5.14. The van der Waals surface area contributed by atoms with E-state index >= 15 is 0 Å². The fourth-order valence-corrected chi connectivity index (χ4v) is 8.94. The number of hydrogen-bond donors (Lipinski definition) is 0. The van der Waals surface area contributed by atoms with Crippen LogP contribution in [0.3, 0.4) is 0 Å². The van der Waals surface area contributed by atoms with Crippen LogP contribution in [0.2, 0.25) is 0 Å². The third-order valence-corrected chi connectivity index (χ3v) is 11.4. The topological polar surface area (TPSA) is 32.6 Å². The molecule has 8 aromatic carbocycles. The average molecular weight is 716 g/mol. The Morgan fingerprint density at radius 2 is 0.911 bits per heavy atom. The molecule has 5 nitrogen and oxygen atoms in total. The van der Waals surface area contributed by atoms with Crippen molar-refractivity contribution in [3.05, 3.63) is 200 Å². The highest BCUT2D eigenvalue weighted by Gasteiger charge is 2.21. The first-order valence-corrected chi connectivity index (χ1v) is 19.1. The van der Waals surface area contributed by atoms with Gasteiger partial charge in [0.15, 0.2) is 0 Å². The van der Waals surface area contributed by atoms with E-state index in [0.717, 1.165) is 45.2 Å². The number of nitrogens with zero attached hydrogens (tertiary/aromatic N) is 5. The molecular weight excluding hydrogens is 683 g/mol. The third-order valence-electron chi connectivity index (χ3n) is 11.4. The predicted molar refractivity (Wildman–Crippen MR) is 232 cm³/mol. The molecule has 0 spiro atoms. The second-order valence-corrected chi connectivity index (χ2v) is 14.5. The zero-order valence-electron chi connectivity index (χ0n) is 30.3. The molecule has 0 fully saturated rings. The summed E-state index contributed by atoms with van der Waals surface area (Å²) in [5.41, 5.74) is 13.5. The van der Waals surface area contributed by atoms with Crippen LogP contribution in [-0.4, -0.2) is 23.3 Å². The molecule has 0 atom stereocenters. The van der Waals surface area contributed by atoms with Crippen molar-refractivity contribution >= 4 is 65.5 Å². The van der Waals surface area contributed by atoms with E-state index < -0.39 is 0 Å². The summed E-state index contributed by atoms with van der Waals surface area (Å²) in [5, 5.41) is 6.17. The fraction of sp³-hybridized carbons (Fsp3) is 0. The number of fused-ring (bicyclic) bond motifs is 9. The molecule has 262 valence electrons. The van der Waals surface area contributed by atoms with Crippen LogP contribution < -0.4 is 0 Å². The molecule has 0 aliphatic heterocycles. The Morgan fingerprint density at radius 3 is 1.66 bits per heavy atom. The molecule has 56 heavy (non-hydrogen) atoms. The number of hydrogen-bond acceptors (Lipinski definition) is 1. The van der Waals surface area contributed by atoms with Gasteiger partial charge in [0.2, 0.25) is 0 Å². The van der Waals surface area contributed by atoms with Crippen LogP contribution in [0.5, 0.6) is 0 Å². The first kappa shape index (κ1) is 30.8. The molecule has 0 unspecified atom stereocenters. The van der Waals surface area contributed by atoms with E-state index in [1.54, 1.807) is 0 Å². The summed E-state index contributed by atoms with van der Waals surface area (Å²) in [6.45, 7) is 0. The largest absolute Gasteiger partial charge is 0.316 e. The van der Waals surface area contributed by atoms with Crippen molar-refractivity contribution in [3.8, 4) is 34.1 Å². The second kappa shape index (κ2) is 11.9. The maximum atomic E-state index is 5.14. The van der Waals surface area contributed by atoms with Gasteiger partial charge in [0.25, 0.3) is 0 Å². The highest BCUT2D eigenvalue weighted by Crippen LogP contribution is 2.42. The molecular formula is C51H33N5. The predicted octanol–water partition coefficient (Wildman–Crippen LogP) is 12.8. The highest BCUT2D eigenvalue weighted by atomic mass is 15.1. The smallest absolute Gasteiger partial charge is 0.145 e. The van der Waals surface area contributed by atoms with E-state index in [2.05, 4.69) is 219 Å². The minimum Gasteiger partial charge on any atom is -0.316 e. The van der Waals surface area contributed by atoms with Gasteiger partial charge in [-0.15, -0.1) is 0 Å². The van der Waals surface area contributed by atoms with Crippen molar-refractivity contribution in [1.29, 1.82) is 0 Å². The number of benzene rings is 8. The van der Waals surface area contributed by atoms with Crippen LogP contribution in [0.25, 0.3) is 99.7 Å². The van der Waals surface area contributed by atoms with Crippen LogP contribution in [0.15, 0.2) is 200 Å². The molecule has 0 saturated carbocycles. The van der Waals surface area contributed by atoms with Gasteiger partial charge in [0.05, 0.1) is 38.6 Å². The van der Waals surface area contributed by atoms with Crippen LogP contribution >= 0.6 is 0 Å². The van der Waals surface area contributed by atoms with Gasteiger partial charge in [0.1, 0.15) is 5.82 Å². The van der Waals surface area contributed by atoms with Crippen molar-refractivity contribution < 1.29 is 0 Å². The van der Waals surface area contributed by atoms with Crippen molar-refractivity contribution in [3.63, 3.8) is 0 Å². The van der Waals surface area contributed by atoms with Crippen LogP contribution in [0.4, 0.5) is 0 Å². The fourth-order valence-electron chi connectivity index (χ4n) is 8.94. The quantitative estimate of drug-likeness (QED) is 0.175. The maximum Gasteiger partial charge on any atom is 0.145 e. The maximum absolute atomic E-state index is 5.14. The summed E-state index contributed by atoms with van der Waals surface area (Å²) in [5.74, 6) is 0.924. The Morgan fingerprint density at radius 1 is 0.321 bits per heavy atom. The highest BCUT2D eigenvalue weighted by molar-refractivity contribution is 6.23. The Kier molecular flexibility index (Phi) is 6.56. The molecule has 0 bridgehead atoms. The van der Waals surface area contributed by atoms with Crippen molar-refractivity contribution in [2.75, 3.05) is 0 Å². The van der Waals surface area contributed by atoms with Gasteiger partial charge in [-0.2, -0.15) is 0 Å². The van der Waals surface area contributed by atoms with Gasteiger partial charge in [-0.1, -0.05) is 91.0 Å². The van der Waals surface area contributed by atoms with E-state index in [0.29, 0.717) is 0 Å². The minimum absolute atomic E-state index is 0.924. The third kappa shape index (κ3) is 4.46. The van der Waals surface area contributed by atoms with Gasteiger partial charge < -0.3 is 13.7 Å². The van der Waals surface area contributed by atoms with Crippen LogP contribution in [-0.2, 0) is 0 Å². The SMILES string of the molecule is c1ccc(-n2ccc3c2ccc2c4cc5c6ccccc6n(-c6ccc(-c7nc8ccccc8n7-c7ccccc7)cc6)c5cc4n(-c4ccccc4)c23)cc1. The van der Waals surface area contributed by atoms with Gasteiger partial charge in [0, 0.05) is 61.4 Å². The molecule has 0 aliphatic rings. The molecule has 12 aromatic rings. The Bertz CT molecular complexity index is 3440. The van der Waals surface area contributed by atoms with E-state index in [9.17, 15) is 0 Å². The minimum atomic E-state index is 0.924. The molecule has 5 heteroatoms. The number of rotatable bonds is 5. The molecule has 4 aromatic heterocycles. The average Bonchev–Trinajstić information content (AvgIpc) is 4.03. The first-order valence-electron chi connectivity index (χ1n) is 19.1. The zero-order chi connectivity index (χ0) is 36.7.